The van der Waals surface area contributed by atoms with Gasteiger partial charge in [-0.15, -0.1) is 24.0 Å². The lowest BCUT2D eigenvalue weighted by Crippen LogP contribution is -2.44. The average Bonchev–Trinajstić information content (AvgIpc) is 2.97. The average molecular weight is 492 g/mol. The van der Waals surface area contributed by atoms with Crippen LogP contribution in [-0.2, 0) is 11.3 Å². The number of hydrogen-bond donors (Lipinski definition) is 2. The summed E-state index contributed by atoms with van der Waals surface area (Å²) in [5, 5.41) is 6.15. The number of likely N-dealkylation sites (tertiary alicyclic amines) is 1. The number of hydrogen-bond acceptors (Lipinski definition) is 3. The fraction of sp³-hybridized carbons (Fsp3) is 0.579. The van der Waals surface area contributed by atoms with Crippen molar-refractivity contribution in [1.82, 2.24) is 15.5 Å². The van der Waals surface area contributed by atoms with Crippen LogP contribution in [0.25, 0.3) is 0 Å². The molecule has 1 amide bonds. The first kappa shape index (κ1) is 23.5. The van der Waals surface area contributed by atoms with Crippen molar-refractivity contribution < 1.29 is 13.9 Å². The number of benzene rings is 1. The number of ether oxygens (including phenoxy) is 1. The maximum absolute atomic E-state index is 13.7. The molecule has 0 aliphatic carbocycles. The minimum Gasteiger partial charge on any atom is -0.444 e. The molecule has 6 nitrogen and oxygen atoms in total. The van der Waals surface area contributed by atoms with Gasteiger partial charge in [0.2, 0.25) is 0 Å². The van der Waals surface area contributed by atoms with Gasteiger partial charge in [-0.3, -0.25) is 4.99 Å². The number of nitrogens with zero attached hydrogens (tertiary/aromatic N) is 2. The molecule has 1 atom stereocenters. The topological polar surface area (TPSA) is 66.0 Å². The number of halogens is 2. The standard InChI is InChI=1S/C19H29FN4O2.HI/c1-13-6-7-14(10-16(13)20)11-22-17(21-5)24-9-8-15(12-24)23-18(25)26-19(2,3)4;/h6-7,10,15H,8-9,11-12H2,1-5H3,(H,21,22)(H,23,25);1H. The van der Waals surface area contributed by atoms with Gasteiger partial charge in [0.15, 0.2) is 5.96 Å². The van der Waals surface area contributed by atoms with Crippen molar-refractivity contribution in [3.8, 4) is 0 Å². The van der Waals surface area contributed by atoms with Crippen molar-refractivity contribution in [3.63, 3.8) is 0 Å². The Morgan fingerprint density at radius 3 is 2.70 bits per heavy atom. The summed E-state index contributed by atoms with van der Waals surface area (Å²) in [5.74, 6) is 0.529. The minimum atomic E-state index is -0.511. The van der Waals surface area contributed by atoms with Crippen LogP contribution >= 0.6 is 24.0 Å². The fourth-order valence-corrected chi connectivity index (χ4v) is 2.80. The lowest BCUT2D eigenvalue weighted by atomic mass is 10.1. The van der Waals surface area contributed by atoms with Gasteiger partial charge >= 0.3 is 6.09 Å². The van der Waals surface area contributed by atoms with Gasteiger partial charge in [0.25, 0.3) is 0 Å². The molecule has 152 valence electrons. The van der Waals surface area contributed by atoms with Gasteiger partial charge in [-0.1, -0.05) is 12.1 Å². The van der Waals surface area contributed by atoms with Crippen molar-refractivity contribution >= 4 is 36.0 Å². The molecule has 0 radical (unpaired) electrons. The van der Waals surface area contributed by atoms with E-state index in [9.17, 15) is 9.18 Å². The highest BCUT2D eigenvalue weighted by Gasteiger charge is 2.27. The van der Waals surface area contributed by atoms with Crippen molar-refractivity contribution in [3.05, 3.63) is 35.1 Å². The zero-order valence-electron chi connectivity index (χ0n) is 16.6. The number of nitrogens with one attached hydrogen (secondary N) is 2. The van der Waals surface area contributed by atoms with Crippen LogP contribution in [0.4, 0.5) is 9.18 Å². The normalized spacial score (nSPS) is 17.3. The monoisotopic (exact) mass is 492 g/mol. The molecule has 1 aromatic rings. The van der Waals surface area contributed by atoms with Crippen LogP contribution in [0.5, 0.6) is 0 Å². The maximum Gasteiger partial charge on any atom is 0.407 e. The molecule has 2 N–H and O–H groups in total. The Kier molecular flexibility index (Phi) is 8.77. The van der Waals surface area contributed by atoms with Gasteiger partial charge in [0.05, 0.1) is 6.04 Å². The van der Waals surface area contributed by atoms with Crippen LogP contribution in [0.15, 0.2) is 23.2 Å². The highest BCUT2D eigenvalue weighted by molar-refractivity contribution is 14.0. The molecule has 1 aliphatic heterocycles. The Labute approximate surface area is 178 Å². The van der Waals surface area contributed by atoms with Crippen LogP contribution < -0.4 is 10.6 Å². The quantitative estimate of drug-likeness (QED) is 0.386. The van der Waals surface area contributed by atoms with E-state index in [-0.39, 0.29) is 35.8 Å². The van der Waals surface area contributed by atoms with Gasteiger partial charge in [0, 0.05) is 26.7 Å². The summed E-state index contributed by atoms with van der Waals surface area (Å²) in [6.45, 7) is 9.19. The Balaban J connectivity index is 0.00000364. The summed E-state index contributed by atoms with van der Waals surface area (Å²) >= 11 is 0. The van der Waals surface area contributed by atoms with E-state index in [1.807, 2.05) is 26.8 Å². The number of alkyl carbamates (subject to hydrolysis) is 1. The zero-order chi connectivity index (χ0) is 19.3. The largest absolute Gasteiger partial charge is 0.444 e. The molecule has 1 saturated heterocycles. The van der Waals surface area contributed by atoms with Gasteiger partial charge in [0.1, 0.15) is 11.4 Å². The van der Waals surface area contributed by atoms with E-state index < -0.39 is 11.7 Å². The zero-order valence-corrected chi connectivity index (χ0v) is 19.0. The second-order valence-corrected chi connectivity index (χ2v) is 7.56. The second-order valence-electron chi connectivity index (χ2n) is 7.56. The van der Waals surface area contributed by atoms with E-state index in [1.54, 1.807) is 20.0 Å². The molecular weight excluding hydrogens is 462 g/mol. The highest BCUT2D eigenvalue weighted by atomic mass is 127. The third kappa shape index (κ3) is 7.51. The third-order valence-electron chi connectivity index (χ3n) is 4.11. The van der Waals surface area contributed by atoms with Crippen LogP contribution in [0, 0.1) is 12.7 Å². The van der Waals surface area contributed by atoms with E-state index in [4.69, 9.17) is 4.74 Å². The summed E-state index contributed by atoms with van der Waals surface area (Å²) in [6, 6.07) is 5.22. The van der Waals surface area contributed by atoms with Gasteiger partial charge in [-0.2, -0.15) is 0 Å². The van der Waals surface area contributed by atoms with Crippen molar-refractivity contribution in [2.75, 3.05) is 20.1 Å². The molecule has 0 aromatic heterocycles. The summed E-state index contributed by atoms with van der Waals surface area (Å²) in [5.41, 5.74) is 0.981. The van der Waals surface area contributed by atoms with E-state index in [0.717, 1.165) is 24.5 Å². The van der Waals surface area contributed by atoms with Crippen LogP contribution in [0.1, 0.15) is 38.3 Å². The second kappa shape index (κ2) is 10.1. The molecule has 0 bridgehead atoms. The van der Waals surface area contributed by atoms with Crippen LogP contribution in [0.2, 0.25) is 0 Å². The highest BCUT2D eigenvalue weighted by Crippen LogP contribution is 2.13. The number of carbonyl (C=O) groups is 1. The first-order chi connectivity index (χ1) is 12.2. The van der Waals surface area contributed by atoms with Crippen molar-refractivity contribution in [1.29, 1.82) is 0 Å². The van der Waals surface area contributed by atoms with Crippen molar-refractivity contribution in [2.24, 2.45) is 4.99 Å². The molecule has 27 heavy (non-hydrogen) atoms. The first-order valence-corrected chi connectivity index (χ1v) is 8.88. The predicted molar refractivity (Wildman–Crippen MR) is 116 cm³/mol. The molecular formula is C19H30FIN4O2. The minimum absolute atomic E-state index is 0. The Morgan fingerprint density at radius 1 is 1.41 bits per heavy atom. The maximum atomic E-state index is 13.7. The Morgan fingerprint density at radius 2 is 2.11 bits per heavy atom. The fourth-order valence-electron chi connectivity index (χ4n) is 2.80. The molecule has 1 aliphatic rings. The van der Waals surface area contributed by atoms with Gasteiger partial charge in [-0.05, 0) is 51.3 Å². The number of guanidine groups is 1. The number of amides is 1. The summed E-state index contributed by atoms with van der Waals surface area (Å²) < 4.78 is 19.0. The Hall–Kier alpha value is -1.58. The van der Waals surface area contributed by atoms with E-state index in [0.29, 0.717) is 18.7 Å². The van der Waals surface area contributed by atoms with Gasteiger partial charge < -0.3 is 20.3 Å². The third-order valence-corrected chi connectivity index (χ3v) is 4.11. The van der Waals surface area contributed by atoms with Crippen LogP contribution in [0.3, 0.4) is 0 Å². The number of rotatable bonds is 3. The molecule has 1 heterocycles. The summed E-state index contributed by atoms with van der Waals surface area (Å²) in [7, 11) is 1.71. The molecule has 0 spiro atoms. The molecule has 8 heteroatoms. The number of carbonyl (C=O) groups excluding carboxylic acids is 1. The molecule has 1 aromatic carbocycles. The molecule has 2 rings (SSSR count). The van der Waals surface area contributed by atoms with E-state index >= 15 is 0 Å². The lowest BCUT2D eigenvalue weighted by Gasteiger charge is -2.23. The van der Waals surface area contributed by atoms with Gasteiger partial charge in [-0.25, -0.2) is 9.18 Å². The first-order valence-electron chi connectivity index (χ1n) is 8.88. The summed E-state index contributed by atoms with van der Waals surface area (Å²) in [4.78, 5) is 18.3. The SMILES string of the molecule is CN=C(NCc1ccc(C)c(F)c1)N1CCC(NC(=O)OC(C)(C)C)C1.I. The van der Waals surface area contributed by atoms with E-state index in [1.165, 1.54) is 6.07 Å². The number of aliphatic imine (C=N–C) groups is 1. The molecule has 1 unspecified atom stereocenters. The molecule has 0 saturated carbocycles. The van der Waals surface area contributed by atoms with Crippen molar-refractivity contribution in [2.45, 2.75) is 52.3 Å². The summed E-state index contributed by atoms with van der Waals surface area (Å²) in [6.07, 6.45) is 0.418. The smallest absolute Gasteiger partial charge is 0.407 e. The van der Waals surface area contributed by atoms with Crippen LogP contribution in [-0.4, -0.2) is 48.7 Å². The number of aryl methyl sites for hydroxylation is 1. The molecule has 1 fully saturated rings. The predicted octanol–water partition coefficient (Wildman–Crippen LogP) is 3.43. The Bertz CT molecular complexity index is 676. The van der Waals surface area contributed by atoms with E-state index in [2.05, 4.69) is 20.5 Å². The lowest BCUT2D eigenvalue weighted by molar-refractivity contribution is 0.0507.